The van der Waals surface area contributed by atoms with E-state index in [2.05, 4.69) is 17.1 Å². The topological polar surface area (TPSA) is 129 Å². The number of nitro benzene ring substituents is 2. The van der Waals surface area contributed by atoms with E-state index in [0.29, 0.717) is 29.2 Å². The summed E-state index contributed by atoms with van der Waals surface area (Å²) in [6.45, 7) is 3.91. The molecule has 10 nitrogen and oxygen atoms in total. The van der Waals surface area contributed by atoms with Crippen LogP contribution < -0.4 is 14.9 Å². The van der Waals surface area contributed by atoms with Crippen LogP contribution in [-0.2, 0) is 13.0 Å². The van der Waals surface area contributed by atoms with E-state index in [0.717, 1.165) is 11.1 Å². The number of benzene rings is 3. The van der Waals surface area contributed by atoms with E-state index in [1.807, 2.05) is 6.07 Å². The summed E-state index contributed by atoms with van der Waals surface area (Å²) in [6, 6.07) is 15.7. The molecule has 10 heteroatoms. The predicted octanol–water partition coefficient (Wildman–Crippen LogP) is 5.27. The van der Waals surface area contributed by atoms with Gasteiger partial charge in [-0.25, -0.2) is 0 Å². The lowest BCUT2D eigenvalue weighted by Gasteiger charge is -2.16. The fourth-order valence-corrected chi connectivity index (χ4v) is 3.14. The molecule has 0 bridgehead atoms. The number of non-ortho nitro benzene ring substituents is 2. The van der Waals surface area contributed by atoms with Crippen LogP contribution in [0, 0.1) is 20.2 Å². The third kappa shape index (κ3) is 6.16. The van der Waals surface area contributed by atoms with Crippen LogP contribution in [0.5, 0.6) is 11.5 Å². The van der Waals surface area contributed by atoms with Crippen molar-refractivity contribution in [2.24, 2.45) is 5.10 Å². The van der Waals surface area contributed by atoms with Crippen molar-refractivity contribution in [3.05, 3.63) is 110 Å². The van der Waals surface area contributed by atoms with Gasteiger partial charge in [-0.1, -0.05) is 18.2 Å². The average molecular weight is 462 g/mol. The van der Waals surface area contributed by atoms with Crippen molar-refractivity contribution in [1.82, 2.24) is 0 Å². The maximum Gasteiger partial charge on any atom is 0.269 e. The molecule has 0 aliphatic rings. The van der Waals surface area contributed by atoms with Crippen molar-refractivity contribution in [3.8, 4) is 11.5 Å². The van der Waals surface area contributed by atoms with Crippen LogP contribution >= 0.6 is 0 Å². The molecule has 0 aliphatic heterocycles. The summed E-state index contributed by atoms with van der Waals surface area (Å²) in [5.74, 6) is 0.982. The average Bonchev–Trinajstić information content (AvgIpc) is 2.83. The van der Waals surface area contributed by atoms with Gasteiger partial charge in [0.15, 0.2) is 11.5 Å². The van der Waals surface area contributed by atoms with Gasteiger partial charge in [0.1, 0.15) is 6.61 Å². The molecule has 3 rings (SSSR count). The van der Waals surface area contributed by atoms with Crippen molar-refractivity contribution < 1.29 is 19.3 Å². The largest absolute Gasteiger partial charge is 0.493 e. The predicted molar refractivity (Wildman–Crippen MR) is 129 cm³/mol. The van der Waals surface area contributed by atoms with Crippen LogP contribution in [-0.4, -0.2) is 23.2 Å². The van der Waals surface area contributed by atoms with Crippen molar-refractivity contribution in [1.29, 1.82) is 0 Å². The molecule has 0 aliphatic carbocycles. The highest BCUT2D eigenvalue weighted by molar-refractivity contribution is 5.82. The molecule has 1 N–H and O–H groups in total. The van der Waals surface area contributed by atoms with Crippen LogP contribution in [0.1, 0.15) is 16.7 Å². The maximum absolute atomic E-state index is 11.0. The lowest BCUT2D eigenvalue weighted by molar-refractivity contribution is -0.385. The molecule has 34 heavy (non-hydrogen) atoms. The number of nitro groups is 2. The van der Waals surface area contributed by atoms with Gasteiger partial charge in [0.2, 0.25) is 0 Å². The Labute approximate surface area is 195 Å². The Hall–Kier alpha value is -4.73. The highest BCUT2D eigenvalue weighted by Gasteiger charge is 2.14. The Bertz CT molecular complexity index is 1220. The molecule has 0 spiro atoms. The summed E-state index contributed by atoms with van der Waals surface area (Å²) in [4.78, 5) is 20.8. The zero-order valence-corrected chi connectivity index (χ0v) is 18.3. The monoisotopic (exact) mass is 462 g/mol. The Kier molecular flexibility index (Phi) is 7.90. The molecule has 3 aromatic carbocycles. The molecule has 0 atom stereocenters. The van der Waals surface area contributed by atoms with Gasteiger partial charge in [-0.05, 0) is 41.8 Å². The first-order chi connectivity index (χ1) is 16.4. The Morgan fingerprint density at radius 1 is 1.03 bits per heavy atom. The summed E-state index contributed by atoms with van der Waals surface area (Å²) in [5.41, 5.74) is 5.59. The van der Waals surface area contributed by atoms with Gasteiger partial charge in [-0.2, -0.15) is 5.10 Å². The van der Waals surface area contributed by atoms with Crippen molar-refractivity contribution in [3.63, 3.8) is 0 Å². The minimum absolute atomic E-state index is 0.00553. The molecule has 0 saturated heterocycles. The van der Waals surface area contributed by atoms with Gasteiger partial charge in [-0.3, -0.25) is 25.7 Å². The lowest BCUT2D eigenvalue weighted by Crippen LogP contribution is -2.03. The van der Waals surface area contributed by atoms with Crippen LogP contribution in [0.25, 0.3) is 0 Å². The molecule has 3 aromatic rings. The van der Waals surface area contributed by atoms with Crippen LogP contribution in [0.2, 0.25) is 0 Å². The highest BCUT2D eigenvalue weighted by Crippen LogP contribution is 2.34. The first-order valence-corrected chi connectivity index (χ1v) is 10.1. The van der Waals surface area contributed by atoms with E-state index >= 15 is 0 Å². The number of nitrogens with one attached hydrogen (secondary N) is 1. The highest BCUT2D eigenvalue weighted by atomic mass is 16.6. The van der Waals surface area contributed by atoms with Gasteiger partial charge in [0.25, 0.3) is 11.4 Å². The van der Waals surface area contributed by atoms with E-state index in [4.69, 9.17) is 9.47 Å². The molecule has 0 saturated carbocycles. The summed E-state index contributed by atoms with van der Waals surface area (Å²) in [7, 11) is 1.52. The summed E-state index contributed by atoms with van der Waals surface area (Å²) in [5, 5.41) is 25.9. The molecule has 0 fully saturated rings. The molecule has 174 valence electrons. The number of anilines is 1. The number of methoxy groups -OCH3 is 1. The second kappa shape index (κ2) is 11.2. The Balaban J connectivity index is 1.78. The number of allylic oxidation sites excluding steroid dienone is 1. The number of hydrogen-bond donors (Lipinski definition) is 1. The van der Waals surface area contributed by atoms with Crippen molar-refractivity contribution in [2.75, 3.05) is 12.5 Å². The standard InChI is InChI=1S/C24H22N4O6/c1-3-5-19-12-18(15-25-26-20-8-10-21(11-9-20)27(29)30)14-23(33-2)24(19)34-16-17-6-4-7-22(13-17)28(31)32/h3-4,6-15,26H,1,5,16H2,2H3/b25-15+. The molecule has 0 heterocycles. The van der Waals surface area contributed by atoms with E-state index in [1.165, 1.54) is 31.4 Å². The van der Waals surface area contributed by atoms with Crippen molar-refractivity contribution in [2.45, 2.75) is 13.0 Å². The minimum Gasteiger partial charge on any atom is -0.493 e. The Morgan fingerprint density at radius 2 is 1.76 bits per heavy atom. The third-order valence-electron chi connectivity index (χ3n) is 4.73. The van der Waals surface area contributed by atoms with Gasteiger partial charge in [0.05, 0.1) is 28.9 Å². The molecule has 0 aromatic heterocycles. The first-order valence-electron chi connectivity index (χ1n) is 10.1. The third-order valence-corrected chi connectivity index (χ3v) is 4.73. The summed E-state index contributed by atoms with van der Waals surface area (Å²) >= 11 is 0. The normalized spacial score (nSPS) is 10.6. The molecule has 0 unspecified atom stereocenters. The maximum atomic E-state index is 11.0. The quantitative estimate of drug-likeness (QED) is 0.178. The summed E-state index contributed by atoms with van der Waals surface area (Å²) in [6.07, 6.45) is 3.81. The van der Waals surface area contributed by atoms with Gasteiger partial charge >= 0.3 is 0 Å². The minimum atomic E-state index is -0.469. The number of ether oxygens (including phenoxy) is 2. The SMILES string of the molecule is C=CCc1cc(/C=N/Nc2ccc([N+](=O)[O-])cc2)cc(OC)c1OCc1cccc([N+](=O)[O-])c1. The zero-order chi connectivity index (χ0) is 24.5. The van der Waals surface area contributed by atoms with E-state index in [-0.39, 0.29) is 18.0 Å². The summed E-state index contributed by atoms with van der Waals surface area (Å²) < 4.78 is 11.5. The van der Waals surface area contributed by atoms with Crippen LogP contribution in [0.15, 0.2) is 78.4 Å². The number of hydrazone groups is 1. The van der Waals surface area contributed by atoms with Gasteiger partial charge in [-0.15, -0.1) is 6.58 Å². The van der Waals surface area contributed by atoms with Crippen LogP contribution in [0.4, 0.5) is 17.1 Å². The number of hydrogen-bond acceptors (Lipinski definition) is 8. The van der Waals surface area contributed by atoms with E-state index in [1.54, 1.807) is 42.6 Å². The Morgan fingerprint density at radius 3 is 2.41 bits per heavy atom. The van der Waals surface area contributed by atoms with E-state index < -0.39 is 9.85 Å². The van der Waals surface area contributed by atoms with Gasteiger partial charge < -0.3 is 9.47 Å². The fourth-order valence-electron chi connectivity index (χ4n) is 3.14. The first kappa shape index (κ1) is 23.9. The van der Waals surface area contributed by atoms with Gasteiger partial charge in [0, 0.05) is 29.8 Å². The molecular formula is C24H22N4O6. The molecular weight excluding hydrogens is 440 g/mol. The van der Waals surface area contributed by atoms with Crippen LogP contribution in [0.3, 0.4) is 0 Å². The number of rotatable bonds is 11. The molecule has 0 radical (unpaired) electrons. The molecule has 0 amide bonds. The lowest BCUT2D eigenvalue weighted by atomic mass is 10.1. The number of nitrogens with zero attached hydrogens (tertiary/aromatic N) is 3. The second-order valence-electron chi connectivity index (χ2n) is 7.09. The zero-order valence-electron chi connectivity index (χ0n) is 18.3. The van der Waals surface area contributed by atoms with E-state index in [9.17, 15) is 20.2 Å². The van der Waals surface area contributed by atoms with Crippen molar-refractivity contribution >= 4 is 23.3 Å². The fraction of sp³-hybridized carbons (Fsp3) is 0.125. The smallest absolute Gasteiger partial charge is 0.269 e. The second-order valence-corrected chi connectivity index (χ2v) is 7.09.